The Morgan fingerprint density at radius 2 is 2.00 bits per heavy atom. The largest absolute Gasteiger partial charge is 0.300 e. The number of Topliss-reactive ketones (excluding diaryl/α,β-unsaturated/α-hetero) is 2. The van der Waals surface area contributed by atoms with E-state index in [0.29, 0.717) is 12.0 Å². The predicted molar refractivity (Wildman–Crippen MR) is 66.0 cm³/mol. The molecule has 0 saturated heterocycles. The summed E-state index contributed by atoms with van der Waals surface area (Å²) in [5.74, 6) is 0.293. The van der Waals surface area contributed by atoms with Gasteiger partial charge in [-0.15, -0.1) is 0 Å². The number of ketones is 2. The Kier molecular flexibility index (Phi) is 4.04. The van der Waals surface area contributed by atoms with Crippen molar-refractivity contribution in [2.24, 2.45) is 0 Å². The lowest BCUT2D eigenvalue weighted by molar-refractivity contribution is -0.122. The van der Waals surface area contributed by atoms with Crippen LogP contribution in [0, 0.1) is 0 Å². The second kappa shape index (κ2) is 5.73. The highest BCUT2D eigenvalue weighted by molar-refractivity contribution is 5.98. The molecular weight excluding hydrogens is 214 g/mol. The number of carbonyl (C=O) groups is 2. The molecule has 0 radical (unpaired) electrons. The first-order valence-corrected chi connectivity index (χ1v) is 6.12. The molecule has 2 rings (SSSR count). The van der Waals surface area contributed by atoms with Gasteiger partial charge in [-0.2, -0.15) is 0 Å². The van der Waals surface area contributed by atoms with E-state index >= 15 is 0 Å². The first kappa shape index (κ1) is 12.0. The zero-order valence-corrected chi connectivity index (χ0v) is 9.82. The van der Waals surface area contributed by atoms with Crippen LogP contribution in [0.5, 0.6) is 0 Å². The summed E-state index contributed by atoms with van der Waals surface area (Å²) < 4.78 is 0. The fourth-order valence-electron chi connectivity index (χ4n) is 2.14. The van der Waals surface area contributed by atoms with Crippen molar-refractivity contribution in [1.82, 2.24) is 5.32 Å². The van der Waals surface area contributed by atoms with E-state index in [-0.39, 0.29) is 24.2 Å². The van der Waals surface area contributed by atoms with Crippen LogP contribution in [0.2, 0.25) is 0 Å². The van der Waals surface area contributed by atoms with Crippen molar-refractivity contribution in [3.8, 4) is 0 Å². The van der Waals surface area contributed by atoms with Gasteiger partial charge in [0.25, 0.3) is 0 Å². The summed E-state index contributed by atoms with van der Waals surface area (Å²) in [6, 6.07) is 9.06. The maximum absolute atomic E-state index is 11.8. The van der Waals surface area contributed by atoms with E-state index in [9.17, 15) is 9.59 Å². The quantitative estimate of drug-likeness (QED) is 0.806. The van der Waals surface area contributed by atoms with Crippen LogP contribution in [0.15, 0.2) is 30.3 Å². The van der Waals surface area contributed by atoms with Gasteiger partial charge in [0.1, 0.15) is 5.78 Å². The molecule has 0 spiro atoms. The third-order valence-corrected chi connectivity index (χ3v) is 3.16. The van der Waals surface area contributed by atoms with Gasteiger partial charge in [0.05, 0.1) is 12.6 Å². The molecule has 3 nitrogen and oxygen atoms in total. The first-order valence-electron chi connectivity index (χ1n) is 6.12. The van der Waals surface area contributed by atoms with Gasteiger partial charge in [0.15, 0.2) is 5.78 Å². The Balaban J connectivity index is 1.86. The van der Waals surface area contributed by atoms with E-state index in [1.54, 1.807) is 12.1 Å². The fraction of sp³-hybridized carbons (Fsp3) is 0.429. The van der Waals surface area contributed by atoms with E-state index in [1.807, 2.05) is 18.2 Å². The van der Waals surface area contributed by atoms with Gasteiger partial charge in [-0.3, -0.25) is 9.59 Å². The van der Waals surface area contributed by atoms with Crippen LogP contribution in [0.4, 0.5) is 0 Å². The smallest absolute Gasteiger partial charge is 0.176 e. The maximum atomic E-state index is 11.8. The molecule has 1 atom stereocenters. The molecule has 3 heteroatoms. The second-order valence-electron chi connectivity index (χ2n) is 4.43. The van der Waals surface area contributed by atoms with E-state index < -0.39 is 0 Å². The van der Waals surface area contributed by atoms with Crippen LogP contribution in [-0.4, -0.2) is 24.2 Å². The normalized spacial score (nSPS) is 20.2. The van der Waals surface area contributed by atoms with Crippen molar-refractivity contribution in [2.45, 2.75) is 31.7 Å². The maximum Gasteiger partial charge on any atom is 0.176 e. The summed E-state index contributed by atoms with van der Waals surface area (Å²) in [6.45, 7) is 0.250. The van der Waals surface area contributed by atoms with Gasteiger partial charge < -0.3 is 5.32 Å². The summed E-state index contributed by atoms with van der Waals surface area (Å²) in [6.07, 6.45) is 3.57. The molecule has 0 amide bonds. The highest BCUT2D eigenvalue weighted by Crippen LogP contribution is 2.14. The van der Waals surface area contributed by atoms with Gasteiger partial charge in [-0.25, -0.2) is 0 Å². The molecule has 0 aromatic heterocycles. The van der Waals surface area contributed by atoms with Crippen molar-refractivity contribution >= 4 is 11.6 Å². The standard InChI is InChI=1S/C14H17NO2/c16-13-9-5-4-8-12(13)15-10-14(17)11-6-2-1-3-7-11/h1-3,6-7,12,15H,4-5,8-10H2. The van der Waals surface area contributed by atoms with Gasteiger partial charge in [0.2, 0.25) is 0 Å². The Morgan fingerprint density at radius 3 is 2.71 bits per heavy atom. The fourth-order valence-corrected chi connectivity index (χ4v) is 2.14. The lowest BCUT2D eigenvalue weighted by atomic mass is 9.94. The minimum atomic E-state index is -0.114. The lowest BCUT2D eigenvalue weighted by Crippen LogP contribution is -2.41. The Morgan fingerprint density at radius 1 is 1.24 bits per heavy atom. The molecule has 1 aromatic carbocycles. The van der Waals surface area contributed by atoms with Gasteiger partial charge in [-0.1, -0.05) is 36.8 Å². The third-order valence-electron chi connectivity index (χ3n) is 3.16. The number of nitrogens with one attached hydrogen (secondary N) is 1. The van der Waals surface area contributed by atoms with Gasteiger partial charge in [0, 0.05) is 12.0 Å². The van der Waals surface area contributed by atoms with Crippen LogP contribution in [0.25, 0.3) is 0 Å². The van der Waals surface area contributed by atoms with Crippen molar-refractivity contribution in [1.29, 1.82) is 0 Å². The predicted octanol–water partition coefficient (Wildman–Crippen LogP) is 1.97. The highest BCUT2D eigenvalue weighted by atomic mass is 16.1. The zero-order chi connectivity index (χ0) is 12.1. The van der Waals surface area contributed by atoms with Crippen LogP contribution in [0.3, 0.4) is 0 Å². The van der Waals surface area contributed by atoms with E-state index in [2.05, 4.69) is 5.32 Å². The molecule has 0 heterocycles. The van der Waals surface area contributed by atoms with Crippen molar-refractivity contribution < 1.29 is 9.59 Å². The van der Waals surface area contributed by atoms with E-state index in [4.69, 9.17) is 0 Å². The van der Waals surface area contributed by atoms with E-state index in [1.165, 1.54) is 0 Å². The van der Waals surface area contributed by atoms with Crippen molar-refractivity contribution in [3.05, 3.63) is 35.9 Å². The molecule has 17 heavy (non-hydrogen) atoms. The average Bonchev–Trinajstić information content (AvgIpc) is 2.38. The lowest BCUT2D eigenvalue weighted by Gasteiger charge is -2.21. The number of benzene rings is 1. The molecule has 1 aromatic rings. The van der Waals surface area contributed by atoms with E-state index in [0.717, 1.165) is 19.3 Å². The molecule has 0 bridgehead atoms. The van der Waals surface area contributed by atoms with Crippen molar-refractivity contribution in [3.63, 3.8) is 0 Å². The van der Waals surface area contributed by atoms with Crippen LogP contribution in [0.1, 0.15) is 36.0 Å². The van der Waals surface area contributed by atoms with Crippen LogP contribution >= 0.6 is 0 Å². The SMILES string of the molecule is O=C(CNC1CCCCC1=O)c1ccccc1. The van der Waals surface area contributed by atoms with Crippen molar-refractivity contribution in [2.75, 3.05) is 6.54 Å². The average molecular weight is 231 g/mol. The number of rotatable bonds is 4. The minimum Gasteiger partial charge on any atom is -0.300 e. The monoisotopic (exact) mass is 231 g/mol. The molecule has 1 saturated carbocycles. The summed E-state index contributed by atoms with van der Waals surface area (Å²) in [7, 11) is 0. The first-order chi connectivity index (χ1) is 8.27. The molecule has 1 N–H and O–H groups in total. The molecule has 0 aliphatic heterocycles. The molecule has 90 valence electrons. The summed E-state index contributed by atoms with van der Waals surface area (Å²) in [5, 5.41) is 3.07. The number of hydrogen-bond donors (Lipinski definition) is 1. The minimum absolute atomic E-state index is 0.0453. The topological polar surface area (TPSA) is 46.2 Å². The zero-order valence-electron chi connectivity index (χ0n) is 9.82. The van der Waals surface area contributed by atoms with Gasteiger partial charge >= 0.3 is 0 Å². The second-order valence-corrected chi connectivity index (χ2v) is 4.43. The van der Waals surface area contributed by atoms with Gasteiger partial charge in [-0.05, 0) is 12.8 Å². The highest BCUT2D eigenvalue weighted by Gasteiger charge is 2.22. The molecule has 1 aliphatic carbocycles. The number of hydrogen-bond acceptors (Lipinski definition) is 3. The van der Waals surface area contributed by atoms with Crippen LogP contribution < -0.4 is 5.32 Å². The summed E-state index contributed by atoms with van der Waals surface area (Å²) in [4.78, 5) is 23.4. The molecular formula is C14H17NO2. The Labute approximate surface area is 101 Å². The molecule has 1 fully saturated rings. The van der Waals surface area contributed by atoms with Crippen LogP contribution in [-0.2, 0) is 4.79 Å². The Hall–Kier alpha value is -1.48. The third kappa shape index (κ3) is 3.24. The summed E-state index contributed by atoms with van der Waals surface area (Å²) in [5.41, 5.74) is 0.697. The number of carbonyl (C=O) groups excluding carboxylic acids is 2. The molecule has 1 aliphatic rings. The Bertz CT molecular complexity index is 400. The molecule has 1 unspecified atom stereocenters. The summed E-state index contributed by atoms with van der Waals surface area (Å²) >= 11 is 0.